The number of hydrogen-bond acceptors (Lipinski definition) is 1. The standard InChI is InChI=1S/C17H24F3NOSSi/c1-12(23(21)22)11-14(9-10-24(3,4)5)15-7-6-8-16(13(15)2)17(18,19)20/h6-8,12,14H,11,21H2,1-5H3/t12?,14-,23?/m0/s1. The van der Waals surface area contributed by atoms with E-state index in [0.717, 1.165) is 6.07 Å². The zero-order chi connectivity index (χ0) is 18.7. The Balaban J connectivity index is 3.38. The smallest absolute Gasteiger partial charge is 0.252 e. The van der Waals surface area contributed by atoms with Gasteiger partial charge in [-0.25, -0.2) is 4.21 Å². The van der Waals surface area contributed by atoms with E-state index >= 15 is 0 Å². The quantitative estimate of drug-likeness (QED) is 0.616. The second kappa shape index (κ2) is 7.85. The summed E-state index contributed by atoms with van der Waals surface area (Å²) in [5, 5.41) is 5.09. The van der Waals surface area contributed by atoms with Gasteiger partial charge >= 0.3 is 6.18 Å². The molecule has 2 nitrogen and oxygen atoms in total. The van der Waals surface area contributed by atoms with Gasteiger partial charge < -0.3 is 0 Å². The number of hydrogen-bond donors (Lipinski definition) is 1. The summed E-state index contributed by atoms with van der Waals surface area (Å²) in [6.07, 6.45) is -4.04. The molecule has 0 heterocycles. The highest BCUT2D eigenvalue weighted by molar-refractivity contribution is 7.83. The van der Waals surface area contributed by atoms with E-state index in [-0.39, 0.29) is 10.8 Å². The fourth-order valence-electron chi connectivity index (χ4n) is 2.33. The third-order valence-corrected chi connectivity index (χ3v) is 5.52. The maximum absolute atomic E-state index is 13.2. The van der Waals surface area contributed by atoms with Crippen LogP contribution in [0.1, 0.15) is 36.0 Å². The fourth-order valence-corrected chi connectivity index (χ4v) is 3.32. The van der Waals surface area contributed by atoms with E-state index in [9.17, 15) is 17.4 Å². The summed E-state index contributed by atoms with van der Waals surface area (Å²) in [7, 11) is -3.23. The van der Waals surface area contributed by atoms with Gasteiger partial charge in [-0.3, -0.25) is 5.14 Å². The molecule has 2 unspecified atom stereocenters. The van der Waals surface area contributed by atoms with Gasteiger partial charge in [-0.2, -0.15) is 13.2 Å². The van der Waals surface area contributed by atoms with Gasteiger partial charge in [0.25, 0.3) is 0 Å². The van der Waals surface area contributed by atoms with Crippen LogP contribution in [0.4, 0.5) is 13.2 Å². The van der Waals surface area contributed by atoms with Gasteiger partial charge in [0.15, 0.2) is 0 Å². The molecule has 1 rings (SSSR count). The van der Waals surface area contributed by atoms with Crippen LogP contribution in [0.2, 0.25) is 19.6 Å². The first kappa shape index (κ1) is 20.9. The van der Waals surface area contributed by atoms with Crippen LogP contribution in [-0.4, -0.2) is 17.5 Å². The fraction of sp³-hybridized carbons (Fsp3) is 0.529. The molecule has 0 saturated heterocycles. The maximum Gasteiger partial charge on any atom is 0.416 e. The Morgan fingerprint density at radius 2 is 1.88 bits per heavy atom. The van der Waals surface area contributed by atoms with Gasteiger partial charge in [-0.15, -0.1) is 11.5 Å². The number of nitrogens with two attached hydrogens (primary N) is 1. The molecule has 0 aromatic heterocycles. The average Bonchev–Trinajstić information content (AvgIpc) is 2.41. The monoisotopic (exact) mass is 375 g/mol. The van der Waals surface area contributed by atoms with E-state index in [0.29, 0.717) is 12.0 Å². The Morgan fingerprint density at radius 1 is 1.29 bits per heavy atom. The summed E-state index contributed by atoms with van der Waals surface area (Å²) >= 11 is 0. The van der Waals surface area contributed by atoms with Crippen LogP contribution in [-0.2, 0) is 17.2 Å². The van der Waals surface area contributed by atoms with Crippen molar-refractivity contribution in [3.8, 4) is 11.5 Å². The van der Waals surface area contributed by atoms with Crippen molar-refractivity contribution in [3.63, 3.8) is 0 Å². The lowest BCUT2D eigenvalue weighted by Crippen LogP contribution is -2.22. The first-order valence-electron chi connectivity index (χ1n) is 7.67. The van der Waals surface area contributed by atoms with Gasteiger partial charge in [-0.05, 0) is 37.5 Å². The van der Waals surface area contributed by atoms with Crippen molar-refractivity contribution in [2.45, 2.75) is 57.3 Å². The highest BCUT2D eigenvalue weighted by Gasteiger charge is 2.33. The molecule has 0 bridgehead atoms. The van der Waals surface area contributed by atoms with Crippen LogP contribution >= 0.6 is 0 Å². The highest BCUT2D eigenvalue weighted by Crippen LogP contribution is 2.36. The van der Waals surface area contributed by atoms with Crippen LogP contribution < -0.4 is 5.14 Å². The lowest BCUT2D eigenvalue weighted by molar-refractivity contribution is -0.138. The lowest BCUT2D eigenvalue weighted by atomic mass is 9.89. The summed E-state index contributed by atoms with van der Waals surface area (Å²) < 4.78 is 51.0. The number of halogens is 3. The zero-order valence-electron chi connectivity index (χ0n) is 14.6. The molecule has 3 atom stereocenters. The molecule has 0 aliphatic rings. The van der Waals surface area contributed by atoms with E-state index < -0.39 is 36.7 Å². The molecule has 0 amide bonds. The second-order valence-corrected chi connectivity index (χ2v) is 13.2. The highest BCUT2D eigenvalue weighted by atomic mass is 32.2. The van der Waals surface area contributed by atoms with Crippen molar-refractivity contribution in [3.05, 3.63) is 34.9 Å². The molecule has 0 fully saturated rings. The second-order valence-electron chi connectivity index (χ2n) is 6.96. The summed E-state index contributed by atoms with van der Waals surface area (Å²) in [6.45, 7) is 9.40. The summed E-state index contributed by atoms with van der Waals surface area (Å²) in [4.78, 5) is 0. The molecule has 0 aliphatic heterocycles. The Morgan fingerprint density at radius 3 is 2.33 bits per heavy atom. The Hall–Kier alpha value is -1.10. The number of benzene rings is 1. The van der Waals surface area contributed by atoms with Crippen LogP contribution in [0.3, 0.4) is 0 Å². The minimum Gasteiger partial charge on any atom is -0.252 e. The van der Waals surface area contributed by atoms with Crippen molar-refractivity contribution in [2.24, 2.45) is 5.14 Å². The summed E-state index contributed by atoms with van der Waals surface area (Å²) in [5.74, 6) is 2.72. The van der Waals surface area contributed by atoms with Crippen LogP contribution in [0, 0.1) is 18.4 Å². The van der Waals surface area contributed by atoms with E-state index in [4.69, 9.17) is 5.14 Å². The van der Waals surface area contributed by atoms with Gasteiger partial charge in [0.05, 0.1) is 16.5 Å². The first-order valence-corrected chi connectivity index (χ1v) is 12.4. The Labute approximate surface area is 145 Å². The Kier molecular flexibility index (Phi) is 6.85. The first-order chi connectivity index (χ1) is 10.8. The molecule has 0 radical (unpaired) electrons. The average molecular weight is 376 g/mol. The van der Waals surface area contributed by atoms with Gasteiger partial charge in [0.2, 0.25) is 0 Å². The Bertz CT molecular complexity index is 671. The molecule has 0 saturated carbocycles. The molecular formula is C17H24F3NOSSi. The third kappa shape index (κ3) is 6.08. The van der Waals surface area contributed by atoms with Crippen LogP contribution in [0.25, 0.3) is 0 Å². The molecule has 1 aromatic rings. The van der Waals surface area contributed by atoms with Crippen molar-refractivity contribution in [1.29, 1.82) is 0 Å². The van der Waals surface area contributed by atoms with Crippen LogP contribution in [0.15, 0.2) is 18.2 Å². The molecule has 7 heteroatoms. The lowest BCUT2D eigenvalue weighted by Gasteiger charge is -2.20. The van der Waals surface area contributed by atoms with E-state index in [1.165, 1.54) is 13.0 Å². The van der Waals surface area contributed by atoms with Crippen molar-refractivity contribution < 1.29 is 17.4 Å². The SMILES string of the molecule is Cc1c([C@@H](C#C[Si](C)(C)C)CC(C)S(N)=O)cccc1C(F)(F)F. The van der Waals surface area contributed by atoms with E-state index in [2.05, 4.69) is 31.1 Å². The maximum atomic E-state index is 13.2. The third-order valence-electron chi connectivity index (χ3n) is 3.64. The van der Waals surface area contributed by atoms with Crippen LogP contribution in [0.5, 0.6) is 0 Å². The predicted octanol–water partition coefficient (Wildman–Crippen LogP) is 4.38. The topological polar surface area (TPSA) is 43.1 Å². The molecule has 2 N–H and O–H groups in total. The normalized spacial score (nSPS) is 16.0. The van der Waals surface area contributed by atoms with E-state index in [1.807, 2.05) is 0 Å². The van der Waals surface area contributed by atoms with Gasteiger partial charge in [0.1, 0.15) is 8.07 Å². The van der Waals surface area contributed by atoms with Crippen molar-refractivity contribution >= 4 is 19.1 Å². The molecule has 1 aromatic carbocycles. The minimum atomic E-state index is -4.40. The van der Waals surface area contributed by atoms with E-state index in [1.54, 1.807) is 13.0 Å². The van der Waals surface area contributed by atoms with Gasteiger partial charge in [-0.1, -0.05) is 31.8 Å². The molecule has 24 heavy (non-hydrogen) atoms. The zero-order valence-corrected chi connectivity index (χ0v) is 16.4. The largest absolute Gasteiger partial charge is 0.416 e. The van der Waals surface area contributed by atoms with Crippen molar-refractivity contribution in [1.82, 2.24) is 0 Å². The van der Waals surface area contributed by atoms with Crippen molar-refractivity contribution in [2.75, 3.05) is 0 Å². The number of alkyl halides is 3. The molecule has 0 spiro atoms. The predicted molar refractivity (Wildman–Crippen MR) is 96.5 cm³/mol. The summed E-state index contributed by atoms with van der Waals surface area (Å²) in [6, 6.07) is 4.14. The molecule has 0 aliphatic carbocycles. The van der Waals surface area contributed by atoms with Gasteiger partial charge in [0, 0.05) is 11.2 Å². The number of rotatable bonds is 4. The summed E-state index contributed by atoms with van der Waals surface area (Å²) in [5.41, 5.74) is 3.28. The minimum absolute atomic E-state index is 0.176. The molecular weight excluding hydrogens is 351 g/mol. The molecule has 134 valence electrons.